The van der Waals surface area contributed by atoms with Crippen molar-refractivity contribution in [2.24, 2.45) is 0 Å². The number of ether oxygens (including phenoxy) is 1. The molecule has 1 saturated heterocycles. The molecule has 2 amide bonds. The van der Waals surface area contributed by atoms with Crippen molar-refractivity contribution in [1.29, 1.82) is 0 Å². The lowest BCUT2D eigenvalue weighted by Gasteiger charge is -2.26. The molecule has 4 rings (SSSR count). The maximum atomic E-state index is 12.9. The van der Waals surface area contributed by atoms with Gasteiger partial charge in [-0.25, -0.2) is 8.42 Å². The van der Waals surface area contributed by atoms with Gasteiger partial charge in [-0.1, -0.05) is 24.3 Å². The van der Waals surface area contributed by atoms with Crippen LogP contribution in [0.3, 0.4) is 0 Å². The summed E-state index contributed by atoms with van der Waals surface area (Å²) < 4.78 is 70.8. The first-order chi connectivity index (χ1) is 18.5. The number of hydrogen-bond donors (Lipinski definition) is 2. The fourth-order valence-electron chi connectivity index (χ4n) is 3.76. The number of anilines is 2. The minimum Gasteiger partial charge on any atom is -0.379 e. The Bertz CT molecular complexity index is 1480. The molecule has 0 bridgehead atoms. The third-order valence-corrected chi connectivity index (χ3v) is 7.67. The molecule has 0 radical (unpaired) electrons. The first-order valence-corrected chi connectivity index (χ1v) is 13.2. The number of sulfonamides is 1. The van der Waals surface area contributed by atoms with E-state index in [9.17, 15) is 31.2 Å². The molecule has 0 aliphatic carbocycles. The molecular weight excluding hydrogens is 535 g/mol. The SMILES string of the molecule is O=C(C=Cc1ccc(S(=O)(=O)N2CCOCC2)cc1)Nc1cccc(C(=O)Nc2cccc(C(F)(F)F)c2)c1. The minimum absolute atomic E-state index is 0.0176. The van der Waals surface area contributed by atoms with Crippen molar-refractivity contribution in [3.63, 3.8) is 0 Å². The van der Waals surface area contributed by atoms with Crippen LogP contribution in [-0.2, 0) is 25.7 Å². The van der Waals surface area contributed by atoms with Gasteiger partial charge in [0.05, 0.1) is 23.7 Å². The molecule has 2 N–H and O–H groups in total. The molecule has 39 heavy (non-hydrogen) atoms. The van der Waals surface area contributed by atoms with Crippen molar-refractivity contribution in [1.82, 2.24) is 4.31 Å². The van der Waals surface area contributed by atoms with Gasteiger partial charge in [-0.3, -0.25) is 9.59 Å². The Morgan fingerprint density at radius 1 is 0.872 bits per heavy atom. The standard InChI is InChI=1S/C27H24F3N3O5S/c28-27(29,30)21-4-2-6-23(18-21)32-26(35)20-3-1-5-22(17-20)31-25(34)12-9-19-7-10-24(11-8-19)39(36,37)33-13-15-38-16-14-33/h1-12,17-18H,13-16H2,(H,31,34)(H,32,35). The van der Waals surface area contributed by atoms with E-state index in [1.165, 1.54) is 58.9 Å². The van der Waals surface area contributed by atoms with Gasteiger partial charge in [0, 0.05) is 36.1 Å². The number of carbonyl (C=O) groups is 2. The Balaban J connectivity index is 1.37. The van der Waals surface area contributed by atoms with Crippen LogP contribution in [0.25, 0.3) is 6.08 Å². The highest BCUT2D eigenvalue weighted by Gasteiger charge is 2.30. The molecule has 1 aliphatic rings. The fraction of sp³-hybridized carbons (Fsp3) is 0.185. The molecule has 1 aliphatic heterocycles. The van der Waals surface area contributed by atoms with Gasteiger partial charge >= 0.3 is 6.18 Å². The lowest BCUT2D eigenvalue weighted by Crippen LogP contribution is -2.40. The first-order valence-electron chi connectivity index (χ1n) is 11.8. The van der Waals surface area contributed by atoms with Gasteiger partial charge in [0.15, 0.2) is 0 Å². The van der Waals surface area contributed by atoms with E-state index < -0.39 is 33.6 Å². The van der Waals surface area contributed by atoms with Crippen LogP contribution < -0.4 is 10.6 Å². The number of amides is 2. The van der Waals surface area contributed by atoms with E-state index in [1.54, 1.807) is 18.2 Å². The largest absolute Gasteiger partial charge is 0.416 e. The van der Waals surface area contributed by atoms with E-state index >= 15 is 0 Å². The zero-order valence-corrected chi connectivity index (χ0v) is 21.3. The average Bonchev–Trinajstić information content (AvgIpc) is 2.92. The maximum Gasteiger partial charge on any atom is 0.416 e. The molecule has 3 aromatic carbocycles. The summed E-state index contributed by atoms with van der Waals surface area (Å²) in [5.74, 6) is -1.15. The molecule has 0 spiro atoms. The van der Waals surface area contributed by atoms with Gasteiger partial charge in [-0.05, 0) is 60.2 Å². The van der Waals surface area contributed by atoms with Crippen molar-refractivity contribution < 1.29 is 35.9 Å². The highest BCUT2D eigenvalue weighted by atomic mass is 32.2. The smallest absolute Gasteiger partial charge is 0.379 e. The molecule has 0 aromatic heterocycles. The summed E-state index contributed by atoms with van der Waals surface area (Å²) >= 11 is 0. The normalized spacial score (nSPS) is 14.7. The van der Waals surface area contributed by atoms with Crippen molar-refractivity contribution >= 4 is 39.3 Å². The molecule has 0 saturated carbocycles. The molecule has 0 unspecified atom stereocenters. The second-order valence-electron chi connectivity index (χ2n) is 8.52. The monoisotopic (exact) mass is 559 g/mol. The lowest BCUT2D eigenvalue weighted by atomic mass is 10.1. The van der Waals surface area contributed by atoms with Crippen LogP contribution in [0.4, 0.5) is 24.5 Å². The van der Waals surface area contributed by atoms with Crippen molar-refractivity contribution in [3.05, 3.63) is 95.6 Å². The molecule has 12 heteroatoms. The molecule has 8 nitrogen and oxygen atoms in total. The first kappa shape index (κ1) is 28.0. The molecule has 1 fully saturated rings. The Morgan fingerprint density at radius 2 is 1.51 bits per heavy atom. The van der Waals surface area contributed by atoms with Crippen LogP contribution in [0.2, 0.25) is 0 Å². The minimum atomic E-state index is -4.54. The topological polar surface area (TPSA) is 105 Å². The molecule has 204 valence electrons. The third kappa shape index (κ3) is 7.31. The van der Waals surface area contributed by atoms with Gasteiger partial charge < -0.3 is 15.4 Å². The summed E-state index contributed by atoms with van der Waals surface area (Å²) in [5, 5.41) is 5.03. The number of nitrogens with zero attached hydrogens (tertiary/aromatic N) is 1. The Morgan fingerprint density at radius 3 is 2.18 bits per heavy atom. The number of benzene rings is 3. The summed E-state index contributed by atoms with van der Waals surface area (Å²) in [5.41, 5.74) is 0.122. The quantitative estimate of drug-likeness (QED) is 0.411. The summed E-state index contributed by atoms with van der Waals surface area (Å²) in [6, 6.07) is 16.3. The molecular formula is C27H24F3N3O5S. The second-order valence-corrected chi connectivity index (χ2v) is 10.5. The van der Waals surface area contributed by atoms with Gasteiger partial charge in [0.1, 0.15) is 0 Å². The van der Waals surface area contributed by atoms with Crippen molar-refractivity contribution in [2.45, 2.75) is 11.1 Å². The van der Waals surface area contributed by atoms with Crippen LogP contribution in [-0.4, -0.2) is 50.8 Å². The highest BCUT2D eigenvalue weighted by molar-refractivity contribution is 7.89. The number of alkyl halides is 3. The van der Waals surface area contributed by atoms with E-state index in [4.69, 9.17) is 4.74 Å². The molecule has 0 atom stereocenters. The zero-order valence-electron chi connectivity index (χ0n) is 20.4. The number of halogens is 3. The Kier molecular flexibility index (Phi) is 8.48. The number of carbonyl (C=O) groups excluding carboxylic acids is 2. The molecule has 3 aromatic rings. The number of morpholine rings is 1. The van der Waals surface area contributed by atoms with E-state index in [0.29, 0.717) is 24.5 Å². The van der Waals surface area contributed by atoms with Gasteiger partial charge in [0.25, 0.3) is 5.91 Å². The van der Waals surface area contributed by atoms with E-state index in [2.05, 4.69) is 10.6 Å². The van der Waals surface area contributed by atoms with Crippen LogP contribution in [0.1, 0.15) is 21.5 Å². The average molecular weight is 560 g/mol. The third-order valence-electron chi connectivity index (χ3n) is 5.76. The number of nitrogens with one attached hydrogen (secondary N) is 2. The number of rotatable bonds is 7. The van der Waals surface area contributed by atoms with E-state index in [0.717, 1.165) is 12.1 Å². The van der Waals surface area contributed by atoms with E-state index in [1.807, 2.05) is 0 Å². The highest BCUT2D eigenvalue weighted by Crippen LogP contribution is 2.30. The van der Waals surface area contributed by atoms with Crippen molar-refractivity contribution in [3.8, 4) is 0 Å². The predicted octanol–water partition coefficient (Wildman–Crippen LogP) is 4.63. The molecule has 1 heterocycles. The summed E-state index contributed by atoms with van der Waals surface area (Å²) in [6.07, 6.45) is -1.79. The predicted molar refractivity (Wildman–Crippen MR) is 140 cm³/mol. The van der Waals surface area contributed by atoms with Crippen LogP contribution >= 0.6 is 0 Å². The summed E-state index contributed by atoms with van der Waals surface area (Å²) in [7, 11) is -3.62. The van der Waals surface area contributed by atoms with Crippen LogP contribution in [0.5, 0.6) is 0 Å². The Labute approximate surface area is 223 Å². The van der Waals surface area contributed by atoms with Gasteiger partial charge in [-0.15, -0.1) is 0 Å². The van der Waals surface area contributed by atoms with Crippen LogP contribution in [0.15, 0.2) is 83.8 Å². The lowest BCUT2D eigenvalue weighted by molar-refractivity contribution is -0.137. The summed E-state index contributed by atoms with van der Waals surface area (Å²) in [6.45, 7) is 1.27. The van der Waals surface area contributed by atoms with E-state index in [-0.39, 0.29) is 29.2 Å². The van der Waals surface area contributed by atoms with Gasteiger partial charge in [-0.2, -0.15) is 17.5 Å². The Hall–Kier alpha value is -4.00. The van der Waals surface area contributed by atoms with Gasteiger partial charge in [0.2, 0.25) is 15.9 Å². The van der Waals surface area contributed by atoms with Crippen molar-refractivity contribution in [2.75, 3.05) is 36.9 Å². The second kappa shape index (κ2) is 11.8. The summed E-state index contributed by atoms with van der Waals surface area (Å²) in [4.78, 5) is 25.1. The fourth-order valence-corrected chi connectivity index (χ4v) is 5.17. The zero-order chi connectivity index (χ0) is 28.0. The maximum absolute atomic E-state index is 12.9. The van der Waals surface area contributed by atoms with Crippen LogP contribution in [0, 0.1) is 0 Å². The number of hydrogen-bond acceptors (Lipinski definition) is 5.